The number of carboxylic acid groups (broad SMARTS) is 1. The molecule has 2 unspecified atom stereocenters. The van der Waals surface area contributed by atoms with E-state index in [-0.39, 0.29) is 11.9 Å². The number of rotatable bonds is 3. The maximum absolute atomic E-state index is 13.4. The van der Waals surface area contributed by atoms with Crippen LogP contribution in [0.1, 0.15) is 18.9 Å². The molecule has 0 spiro atoms. The molecule has 1 aromatic rings. The summed E-state index contributed by atoms with van der Waals surface area (Å²) in [6.07, 6.45) is 0.494. The Labute approximate surface area is 112 Å². The van der Waals surface area contributed by atoms with Gasteiger partial charge in [-0.15, -0.1) is 0 Å². The van der Waals surface area contributed by atoms with Gasteiger partial charge >= 0.3 is 5.97 Å². The van der Waals surface area contributed by atoms with Crippen LogP contribution in [0.25, 0.3) is 0 Å². The molecule has 1 aromatic carbocycles. The van der Waals surface area contributed by atoms with Crippen LogP contribution in [0.2, 0.25) is 0 Å². The molecule has 2 atom stereocenters. The first kappa shape index (κ1) is 13.8. The van der Waals surface area contributed by atoms with Crippen molar-refractivity contribution in [1.29, 1.82) is 0 Å². The minimum atomic E-state index is -1.05. The van der Waals surface area contributed by atoms with Gasteiger partial charge in [-0.1, -0.05) is 0 Å². The molecule has 1 heterocycles. The third-order valence-electron chi connectivity index (χ3n) is 3.75. The monoisotopic (exact) mass is 266 g/mol. The van der Waals surface area contributed by atoms with Crippen molar-refractivity contribution in [3.63, 3.8) is 0 Å². The van der Waals surface area contributed by atoms with Crippen LogP contribution < -0.4 is 5.32 Å². The Bertz CT molecular complexity index is 474. The van der Waals surface area contributed by atoms with Gasteiger partial charge in [0.15, 0.2) is 0 Å². The molecule has 0 aromatic heterocycles. The van der Waals surface area contributed by atoms with E-state index in [4.69, 9.17) is 0 Å². The molecule has 0 amide bonds. The zero-order chi connectivity index (χ0) is 14.2. The van der Waals surface area contributed by atoms with Crippen LogP contribution in [-0.4, -0.2) is 41.1 Å². The van der Waals surface area contributed by atoms with Crippen LogP contribution in [-0.2, 0) is 4.79 Å². The Balaban J connectivity index is 2.30. The van der Waals surface area contributed by atoms with Crippen LogP contribution in [0.5, 0.6) is 0 Å². The second-order valence-electron chi connectivity index (χ2n) is 5.50. The summed E-state index contributed by atoms with van der Waals surface area (Å²) in [4.78, 5) is 13.6. The Morgan fingerprint density at radius 3 is 2.68 bits per heavy atom. The number of likely N-dealkylation sites (N-methyl/N-ethyl adjacent to an activating group) is 1. The summed E-state index contributed by atoms with van der Waals surface area (Å²) in [5.41, 5.74) is 0.235. The van der Waals surface area contributed by atoms with Crippen molar-refractivity contribution in [2.24, 2.45) is 0 Å². The molecule has 1 saturated heterocycles. The molecule has 2 rings (SSSR count). The Morgan fingerprint density at radius 1 is 1.53 bits per heavy atom. The SMILES string of the molecule is Cc1cc(F)cc(NC2(C(=O)O)CC(C)N(C)C2)c1. The number of nitrogens with zero attached hydrogens (tertiary/aromatic N) is 1. The number of hydrogen-bond donors (Lipinski definition) is 2. The lowest BCUT2D eigenvalue weighted by Gasteiger charge is -2.27. The zero-order valence-corrected chi connectivity index (χ0v) is 11.4. The molecule has 1 aliphatic heterocycles. The van der Waals surface area contributed by atoms with Crippen molar-refractivity contribution < 1.29 is 14.3 Å². The molecule has 0 saturated carbocycles. The number of carboxylic acids is 1. The lowest BCUT2D eigenvalue weighted by Crippen LogP contribution is -2.48. The molecule has 1 aliphatic rings. The van der Waals surface area contributed by atoms with Crippen molar-refractivity contribution in [3.05, 3.63) is 29.6 Å². The standard InChI is InChI=1S/C14H19FN2O2/c1-9-4-11(15)6-12(5-9)16-14(13(18)19)7-10(2)17(3)8-14/h4-6,10,16H,7-8H2,1-3H3,(H,18,19). The Kier molecular flexibility index (Phi) is 3.49. The number of halogens is 1. The lowest BCUT2D eigenvalue weighted by atomic mass is 9.95. The maximum atomic E-state index is 13.4. The summed E-state index contributed by atoms with van der Waals surface area (Å²) in [5, 5.41) is 12.5. The van der Waals surface area contributed by atoms with Gasteiger partial charge in [-0.05, 0) is 51.1 Å². The molecular weight excluding hydrogens is 247 g/mol. The van der Waals surface area contributed by atoms with Gasteiger partial charge in [-0.25, -0.2) is 9.18 Å². The summed E-state index contributed by atoms with van der Waals surface area (Å²) in [7, 11) is 1.90. The predicted octanol–water partition coefficient (Wildman–Crippen LogP) is 2.09. The Morgan fingerprint density at radius 2 is 2.21 bits per heavy atom. The number of aliphatic carboxylic acids is 1. The molecule has 0 aliphatic carbocycles. The summed E-state index contributed by atoms with van der Waals surface area (Å²) < 4.78 is 13.4. The number of hydrogen-bond acceptors (Lipinski definition) is 3. The van der Waals surface area contributed by atoms with Crippen molar-refractivity contribution in [3.8, 4) is 0 Å². The molecule has 0 bridgehead atoms. The van der Waals surface area contributed by atoms with Crippen LogP contribution in [0.3, 0.4) is 0 Å². The Hall–Kier alpha value is -1.62. The first-order chi connectivity index (χ1) is 8.82. The minimum Gasteiger partial charge on any atom is -0.479 e. The van der Waals surface area contributed by atoms with Gasteiger partial charge in [-0.3, -0.25) is 0 Å². The summed E-state index contributed by atoms with van der Waals surface area (Å²) in [6, 6.07) is 4.69. The van der Waals surface area contributed by atoms with E-state index < -0.39 is 11.5 Å². The van der Waals surface area contributed by atoms with E-state index in [1.165, 1.54) is 12.1 Å². The molecule has 4 nitrogen and oxygen atoms in total. The smallest absolute Gasteiger partial charge is 0.330 e. The van der Waals surface area contributed by atoms with Crippen LogP contribution in [0, 0.1) is 12.7 Å². The van der Waals surface area contributed by atoms with Crippen molar-refractivity contribution in [1.82, 2.24) is 4.90 Å². The predicted molar refractivity (Wildman–Crippen MR) is 71.8 cm³/mol. The number of benzene rings is 1. The van der Waals surface area contributed by atoms with Crippen LogP contribution >= 0.6 is 0 Å². The number of anilines is 1. The maximum Gasteiger partial charge on any atom is 0.330 e. The second kappa shape index (κ2) is 4.81. The largest absolute Gasteiger partial charge is 0.479 e. The van der Waals surface area contributed by atoms with E-state index in [0.29, 0.717) is 18.7 Å². The van der Waals surface area contributed by atoms with E-state index in [9.17, 15) is 14.3 Å². The molecular formula is C14H19FN2O2. The average Bonchev–Trinajstić information content (AvgIpc) is 2.53. The summed E-state index contributed by atoms with van der Waals surface area (Å²) in [5.74, 6) is -1.26. The quantitative estimate of drug-likeness (QED) is 0.879. The molecule has 2 N–H and O–H groups in total. The van der Waals surface area contributed by atoms with E-state index in [0.717, 1.165) is 5.56 Å². The van der Waals surface area contributed by atoms with Gasteiger partial charge in [0.1, 0.15) is 11.4 Å². The molecule has 0 radical (unpaired) electrons. The fourth-order valence-corrected chi connectivity index (χ4v) is 2.69. The average molecular weight is 266 g/mol. The van der Waals surface area contributed by atoms with Crippen LogP contribution in [0.4, 0.5) is 10.1 Å². The number of likely N-dealkylation sites (tertiary alicyclic amines) is 1. The second-order valence-corrected chi connectivity index (χ2v) is 5.50. The summed E-state index contributed by atoms with van der Waals surface area (Å²) in [6.45, 7) is 4.17. The van der Waals surface area contributed by atoms with E-state index >= 15 is 0 Å². The highest BCUT2D eigenvalue weighted by molar-refractivity contribution is 5.84. The number of aryl methyl sites for hydroxylation is 1. The highest BCUT2D eigenvalue weighted by Gasteiger charge is 2.47. The van der Waals surface area contributed by atoms with E-state index in [2.05, 4.69) is 5.32 Å². The van der Waals surface area contributed by atoms with Gasteiger partial charge in [0.2, 0.25) is 0 Å². The van der Waals surface area contributed by atoms with Gasteiger partial charge < -0.3 is 15.3 Å². The fraction of sp³-hybridized carbons (Fsp3) is 0.500. The van der Waals surface area contributed by atoms with Gasteiger partial charge in [0.25, 0.3) is 0 Å². The van der Waals surface area contributed by atoms with Crippen molar-refractivity contribution in [2.75, 3.05) is 18.9 Å². The van der Waals surface area contributed by atoms with Crippen molar-refractivity contribution in [2.45, 2.75) is 31.8 Å². The number of nitrogens with one attached hydrogen (secondary N) is 1. The normalized spacial score (nSPS) is 27.5. The zero-order valence-electron chi connectivity index (χ0n) is 11.4. The molecule has 19 heavy (non-hydrogen) atoms. The topological polar surface area (TPSA) is 52.6 Å². The molecule has 1 fully saturated rings. The minimum absolute atomic E-state index is 0.179. The third-order valence-corrected chi connectivity index (χ3v) is 3.75. The fourth-order valence-electron chi connectivity index (χ4n) is 2.69. The first-order valence-electron chi connectivity index (χ1n) is 6.31. The van der Waals surface area contributed by atoms with Gasteiger partial charge in [0, 0.05) is 18.3 Å². The van der Waals surface area contributed by atoms with Crippen molar-refractivity contribution >= 4 is 11.7 Å². The number of carbonyl (C=O) groups is 1. The lowest BCUT2D eigenvalue weighted by molar-refractivity contribution is -0.141. The summed E-state index contributed by atoms with van der Waals surface area (Å²) >= 11 is 0. The van der Waals surface area contributed by atoms with Crippen LogP contribution in [0.15, 0.2) is 18.2 Å². The van der Waals surface area contributed by atoms with E-state index in [1.807, 2.05) is 18.9 Å². The highest BCUT2D eigenvalue weighted by Crippen LogP contribution is 2.30. The third kappa shape index (κ3) is 2.71. The van der Waals surface area contributed by atoms with Gasteiger partial charge in [0.05, 0.1) is 0 Å². The van der Waals surface area contributed by atoms with E-state index in [1.54, 1.807) is 13.0 Å². The highest BCUT2D eigenvalue weighted by atomic mass is 19.1. The molecule has 5 heteroatoms. The molecule has 104 valence electrons. The first-order valence-corrected chi connectivity index (χ1v) is 6.31. The van der Waals surface area contributed by atoms with Gasteiger partial charge in [-0.2, -0.15) is 0 Å².